The van der Waals surface area contributed by atoms with Crippen LogP contribution in [0.5, 0.6) is 0 Å². The van der Waals surface area contributed by atoms with Gasteiger partial charge in [-0.15, -0.1) is 0 Å². The smallest absolute Gasteiger partial charge is 0.330 e. The van der Waals surface area contributed by atoms with Crippen LogP contribution >= 0.6 is 20.1 Å². The maximum atomic E-state index is 12.2. The fourth-order valence-corrected chi connectivity index (χ4v) is 7.61. The third kappa shape index (κ3) is 16.1. The molecule has 0 radical (unpaired) electrons. The molecule has 5 atom stereocenters. The molecule has 0 aliphatic carbocycles. The lowest BCUT2D eigenvalue weighted by Crippen LogP contribution is -2.39. The summed E-state index contributed by atoms with van der Waals surface area (Å²) in [7, 11) is -1.10. The van der Waals surface area contributed by atoms with Gasteiger partial charge in [-0.25, -0.2) is 4.79 Å². The first-order valence-electron chi connectivity index (χ1n) is 17.2. The van der Waals surface area contributed by atoms with Crippen molar-refractivity contribution < 1.29 is 24.0 Å². The second kappa shape index (κ2) is 25.2. The number of aliphatic hydroxyl groups is 1. The number of hydrogen-bond donors (Lipinski definition) is 3. The summed E-state index contributed by atoms with van der Waals surface area (Å²) in [5.74, 6) is 0.810. The Balaban J connectivity index is 1.46. The van der Waals surface area contributed by atoms with Crippen LogP contribution in [0.3, 0.4) is 0 Å². The van der Waals surface area contributed by atoms with Crippen LogP contribution in [0, 0.1) is 0 Å². The van der Waals surface area contributed by atoms with E-state index in [0.717, 1.165) is 18.6 Å². The molecule has 0 bridgehead atoms. The zero-order chi connectivity index (χ0) is 31.8. The molecule has 2 heterocycles. The molecule has 44 heavy (non-hydrogen) atoms. The molecule has 1 aromatic rings. The predicted octanol–water partition coefficient (Wildman–Crippen LogP) is 7.52. The van der Waals surface area contributed by atoms with Gasteiger partial charge in [0.25, 0.3) is 5.56 Å². The van der Waals surface area contributed by atoms with Crippen molar-refractivity contribution in [2.24, 2.45) is 4.15 Å². The minimum absolute atomic E-state index is 0.388. The topological polar surface area (TPSA) is 135 Å². The van der Waals surface area contributed by atoms with E-state index in [-0.39, 0.29) is 6.61 Å². The van der Waals surface area contributed by atoms with Gasteiger partial charge in [-0.05, 0) is 18.4 Å². The van der Waals surface area contributed by atoms with Gasteiger partial charge in [0.05, 0.1) is 6.61 Å². The zero-order valence-electron chi connectivity index (χ0n) is 27.3. The third-order valence-corrected chi connectivity index (χ3v) is 10.4. The molecule has 1 aliphatic rings. The first-order chi connectivity index (χ1) is 21.5. The summed E-state index contributed by atoms with van der Waals surface area (Å²) >= 11 is 1.31. The number of aliphatic hydroxyl groups excluding tert-OH is 1. The van der Waals surface area contributed by atoms with E-state index in [1.54, 1.807) is 0 Å². The Bertz CT molecular complexity index is 1010. The summed E-state index contributed by atoms with van der Waals surface area (Å²) in [6.45, 7) is 1.89. The van der Waals surface area contributed by atoms with Crippen molar-refractivity contribution >= 4 is 20.1 Å². The largest absolute Gasteiger partial charge is 0.394 e. The zero-order valence-corrected chi connectivity index (χ0v) is 29.1. The van der Waals surface area contributed by atoms with Crippen molar-refractivity contribution in [3.63, 3.8) is 0 Å². The lowest BCUT2D eigenvalue weighted by Gasteiger charge is -2.23. The molecule has 1 saturated heterocycles. The Morgan fingerprint density at radius 1 is 0.864 bits per heavy atom. The van der Waals surface area contributed by atoms with Crippen LogP contribution in [0.15, 0.2) is 26.0 Å². The minimum Gasteiger partial charge on any atom is -0.394 e. The molecule has 1 aromatic heterocycles. The van der Waals surface area contributed by atoms with Gasteiger partial charge in [0.15, 0.2) is 6.23 Å². The van der Waals surface area contributed by atoms with E-state index in [1.807, 2.05) is 0 Å². The SMILES string of the molecule is CCCCCCCCCCCCCCCCCCCCCCS/N=[PH](/O)OC1C(CO)OC(n2ccc(=O)[nH]c2=O)C1OC. The molecule has 0 saturated carbocycles. The summed E-state index contributed by atoms with van der Waals surface area (Å²) in [5.41, 5.74) is -1.19. The summed E-state index contributed by atoms with van der Waals surface area (Å²) < 4.78 is 22.4. The highest BCUT2D eigenvalue weighted by Gasteiger charge is 2.47. The van der Waals surface area contributed by atoms with E-state index in [4.69, 9.17) is 14.0 Å². The van der Waals surface area contributed by atoms with Gasteiger partial charge < -0.3 is 24.0 Å². The monoisotopic (exact) mass is 661 g/mol. The molecule has 1 aliphatic heterocycles. The van der Waals surface area contributed by atoms with Crippen molar-refractivity contribution in [3.05, 3.63) is 33.1 Å². The van der Waals surface area contributed by atoms with Gasteiger partial charge >= 0.3 is 5.69 Å². The first-order valence-corrected chi connectivity index (χ1v) is 19.4. The van der Waals surface area contributed by atoms with Crippen molar-refractivity contribution in [2.45, 2.75) is 160 Å². The Kier molecular flexibility index (Phi) is 22.5. The number of H-pyrrole nitrogens is 1. The Labute approximate surface area is 269 Å². The van der Waals surface area contributed by atoms with E-state index in [9.17, 15) is 19.6 Å². The first kappa shape index (κ1) is 39.2. The van der Waals surface area contributed by atoms with Gasteiger partial charge in [0.2, 0.25) is 8.17 Å². The minimum atomic E-state index is -2.53. The van der Waals surface area contributed by atoms with Crippen LogP contribution in [0.25, 0.3) is 0 Å². The van der Waals surface area contributed by atoms with Crippen LogP contribution in [-0.2, 0) is 14.0 Å². The van der Waals surface area contributed by atoms with Gasteiger partial charge in [0, 0.05) is 25.1 Å². The fraction of sp³-hybridized carbons (Fsp3) is 0.875. The summed E-state index contributed by atoms with van der Waals surface area (Å²) in [6, 6.07) is 1.20. The maximum absolute atomic E-state index is 12.2. The Morgan fingerprint density at radius 3 is 1.82 bits per heavy atom. The molecule has 1 fully saturated rings. The molecule has 10 nitrogen and oxygen atoms in total. The molecule has 2 rings (SSSR count). The number of hydrogen-bond acceptors (Lipinski definition) is 8. The second-order valence-electron chi connectivity index (χ2n) is 12.0. The molecule has 0 aromatic carbocycles. The quantitative estimate of drug-likeness (QED) is 0.0501. The van der Waals surface area contributed by atoms with E-state index in [1.165, 1.54) is 151 Å². The lowest BCUT2D eigenvalue weighted by molar-refractivity contribution is -0.0625. The molecule has 12 heteroatoms. The van der Waals surface area contributed by atoms with Crippen LogP contribution in [-0.4, -0.2) is 57.3 Å². The van der Waals surface area contributed by atoms with Crippen LogP contribution in [0.4, 0.5) is 0 Å². The third-order valence-electron chi connectivity index (χ3n) is 8.34. The number of nitrogens with zero attached hydrogens (tertiary/aromatic N) is 2. The molecular weight excluding hydrogens is 601 g/mol. The number of ether oxygens (including phenoxy) is 2. The van der Waals surface area contributed by atoms with Crippen molar-refractivity contribution in [2.75, 3.05) is 19.5 Å². The summed E-state index contributed by atoms with van der Waals surface area (Å²) in [6.07, 6.45) is 25.0. The van der Waals surface area contributed by atoms with Gasteiger partial charge in [-0.1, -0.05) is 129 Å². The average Bonchev–Trinajstić information content (AvgIpc) is 3.36. The highest BCUT2D eigenvalue weighted by Crippen LogP contribution is 2.39. The summed E-state index contributed by atoms with van der Waals surface area (Å²) in [5, 5.41) is 9.79. The predicted molar refractivity (Wildman–Crippen MR) is 181 cm³/mol. The molecular formula is C32H60N3O7PS. The molecule has 3 N–H and O–H groups in total. The number of nitrogens with one attached hydrogen (secondary N) is 1. The Hall–Kier alpha value is -0.940. The average molecular weight is 662 g/mol. The van der Waals surface area contributed by atoms with Gasteiger partial charge in [-0.2, -0.15) is 4.15 Å². The second-order valence-corrected chi connectivity index (χ2v) is 14.2. The number of unbranched alkanes of at least 4 members (excludes halogenated alkanes) is 19. The van der Waals surface area contributed by atoms with E-state index < -0.39 is 44.0 Å². The molecule has 5 unspecified atom stereocenters. The van der Waals surface area contributed by atoms with Gasteiger partial charge in [0.1, 0.15) is 18.3 Å². The van der Waals surface area contributed by atoms with E-state index in [2.05, 4.69) is 16.1 Å². The normalized spacial score (nSPS) is 20.9. The summed E-state index contributed by atoms with van der Waals surface area (Å²) in [4.78, 5) is 36.3. The maximum Gasteiger partial charge on any atom is 0.330 e. The molecule has 256 valence electrons. The highest BCUT2D eigenvalue weighted by atomic mass is 32.2. The highest BCUT2D eigenvalue weighted by molar-refractivity contribution is 7.99. The van der Waals surface area contributed by atoms with Gasteiger partial charge in [-0.3, -0.25) is 14.3 Å². The van der Waals surface area contributed by atoms with Crippen molar-refractivity contribution in [3.8, 4) is 0 Å². The fourth-order valence-electron chi connectivity index (χ4n) is 5.77. The van der Waals surface area contributed by atoms with Crippen LogP contribution in [0.2, 0.25) is 0 Å². The van der Waals surface area contributed by atoms with Crippen LogP contribution < -0.4 is 11.2 Å². The van der Waals surface area contributed by atoms with Crippen molar-refractivity contribution in [1.29, 1.82) is 0 Å². The standard InChI is InChI=1S/C32H60N3O7PS/c1-3-4-5-6-7-8-9-10-11-12-13-14-15-16-17-18-19-20-21-22-25-44-34-43(39)42-29-27(26-36)41-31(30(29)40-2)35-24-23-28(37)33-32(35)38/h23-24,27,29-31,36,43H,3-22,25-26H2,1-2H3,(H,34,39)(H,33,37,38). The molecule has 0 amide bonds. The number of aromatic amines is 1. The molecule has 0 spiro atoms. The van der Waals surface area contributed by atoms with Crippen LogP contribution in [0.1, 0.15) is 142 Å². The number of rotatable bonds is 27. The van der Waals surface area contributed by atoms with E-state index >= 15 is 0 Å². The Morgan fingerprint density at radius 2 is 1.36 bits per heavy atom. The number of methoxy groups -OCH3 is 1. The van der Waals surface area contributed by atoms with Crippen molar-refractivity contribution in [1.82, 2.24) is 9.55 Å². The van der Waals surface area contributed by atoms with E-state index in [0.29, 0.717) is 0 Å². The number of aromatic nitrogens is 2. The lowest BCUT2D eigenvalue weighted by atomic mass is 10.0.